The molecular formula is C19H38IN5O. The number of halogens is 1. The van der Waals surface area contributed by atoms with Gasteiger partial charge in [0.1, 0.15) is 0 Å². The molecule has 1 aliphatic heterocycles. The van der Waals surface area contributed by atoms with E-state index in [9.17, 15) is 4.79 Å². The van der Waals surface area contributed by atoms with Gasteiger partial charge < -0.3 is 20.4 Å². The van der Waals surface area contributed by atoms with E-state index in [0.717, 1.165) is 57.6 Å². The van der Waals surface area contributed by atoms with Gasteiger partial charge in [-0.05, 0) is 39.5 Å². The molecule has 2 N–H and O–H groups in total. The number of rotatable bonds is 5. The first-order chi connectivity index (χ1) is 11.9. The quantitative estimate of drug-likeness (QED) is 0.361. The van der Waals surface area contributed by atoms with Gasteiger partial charge in [-0.3, -0.25) is 9.79 Å². The molecule has 2 rings (SSSR count). The topological polar surface area (TPSA) is 60.0 Å². The first-order valence-corrected chi connectivity index (χ1v) is 9.81. The SMILES string of the molecule is CN=C(NCC1(C(=O)N(C)C)CCCC1)NC1CCN(C(C)C)CC1.I. The van der Waals surface area contributed by atoms with Crippen molar-refractivity contribution in [1.82, 2.24) is 20.4 Å². The lowest BCUT2D eigenvalue weighted by atomic mass is 9.84. The summed E-state index contributed by atoms with van der Waals surface area (Å²) in [5, 5.41) is 7.01. The fraction of sp³-hybridized carbons (Fsp3) is 0.895. The Hall–Kier alpha value is -0.570. The number of aliphatic imine (C=N–C) groups is 1. The largest absolute Gasteiger partial charge is 0.355 e. The van der Waals surface area contributed by atoms with E-state index in [1.807, 2.05) is 21.1 Å². The number of nitrogens with zero attached hydrogens (tertiary/aromatic N) is 3. The summed E-state index contributed by atoms with van der Waals surface area (Å²) in [6, 6.07) is 1.09. The Morgan fingerprint density at radius 1 is 1.23 bits per heavy atom. The molecule has 1 heterocycles. The normalized spacial score (nSPS) is 21.4. The number of carbonyl (C=O) groups is 1. The van der Waals surface area contributed by atoms with Gasteiger partial charge in [0.05, 0.1) is 5.41 Å². The van der Waals surface area contributed by atoms with Gasteiger partial charge in [0, 0.05) is 52.9 Å². The summed E-state index contributed by atoms with van der Waals surface area (Å²) in [5.74, 6) is 1.08. The summed E-state index contributed by atoms with van der Waals surface area (Å²) in [5.41, 5.74) is -0.262. The van der Waals surface area contributed by atoms with Crippen LogP contribution in [-0.4, -0.2) is 74.5 Å². The standard InChI is InChI=1S/C19H37N5O.HI/c1-15(2)24-12-8-16(9-13-24)22-18(20-3)21-14-19(10-6-7-11-19)17(25)23(4)5;/h15-16H,6-14H2,1-5H3,(H2,20,21,22);1H. The lowest BCUT2D eigenvalue weighted by molar-refractivity contribution is -0.138. The predicted molar refractivity (Wildman–Crippen MR) is 119 cm³/mol. The third-order valence-corrected chi connectivity index (χ3v) is 5.84. The fourth-order valence-corrected chi connectivity index (χ4v) is 4.19. The van der Waals surface area contributed by atoms with Crippen molar-refractivity contribution in [2.24, 2.45) is 10.4 Å². The van der Waals surface area contributed by atoms with Crippen molar-refractivity contribution < 1.29 is 4.79 Å². The van der Waals surface area contributed by atoms with Crippen LogP contribution in [0.1, 0.15) is 52.4 Å². The summed E-state index contributed by atoms with van der Waals surface area (Å²) >= 11 is 0. The van der Waals surface area contributed by atoms with Gasteiger partial charge in [0.2, 0.25) is 5.91 Å². The number of hydrogen-bond acceptors (Lipinski definition) is 3. The second-order valence-corrected chi connectivity index (χ2v) is 8.16. The van der Waals surface area contributed by atoms with Gasteiger partial charge in [-0.1, -0.05) is 12.8 Å². The van der Waals surface area contributed by atoms with Gasteiger partial charge in [-0.25, -0.2) is 0 Å². The molecule has 0 atom stereocenters. The number of amides is 1. The summed E-state index contributed by atoms with van der Waals surface area (Å²) in [6.07, 6.45) is 6.50. The predicted octanol–water partition coefficient (Wildman–Crippen LogP) is 2.29. The zero-order valence-electron chi connectivity index (χ0n) is 17.2. The first-order valence-electron chi connectivity index (χ1n) is 9.81. The van der Waals surface area contributed by atoms with Gasteiger partial charge in [0.15, 0.2) is 5.96 Å². The highest BCUT2D eigenvalue weighted by molar-refractivity contribution is 14.0. The molecule has 0 aromatic rings. The lowest BCUT2D eigenvalue weighted by Crippen LogP contribution is -2.53. The minimum Gasteiger partial charge on any atom is -0.355 e. The van der Waals surface area contributed by atoms with Crippen molar-refractivity contribution in [3.63, 3.8) is 0 Å². The molecule has 26 heavy (non-hydrogen) atoms. The number of piperidine rings is 1. The molecule has 1 saturated carbocycles. The summed E-state index contributed by atoms with van der Waals surface area (Å²) in [6.45, 7) is 7.47. The second kappa shape index (κ2) is 10.7. The van der Waals surface area contributed by atoms with E-state index in [1.54, 1.807) is 4.90 Å². The average Bonchev–Trinajstić information content (AvgIpc) is 3.08. The lowest BCUT2D eigenvalue weighted by Gasteiger charge is -2.36. The van der Waals surface area contributed by atoms with E-state index >= 15 is 0 Å². The summed E-state index contributed by atoms with van der Waals surface area (Å²) in [7, 11) is 5.53. The smallest absolute Gasteiger partial charge is 0.230 e. The molecule has 0 bridgehead atoms. The maximum atomic E-state index is 12.7. The van der Waals surface area contributed by atoms with E-state index in [4.69, 9.17) is 0 Å². The molecule has 152 valence electrons. The third kappa shape index (κ3) is 5.97. The van der Waals surface area contributed by atoms with E-state index in [2.05, 4.69) is 34.4 Å². The zero-order valence-corrected chi connectivity index (χ0v) is 19.5. The van der Waals surface area contributed by atoms with Crippen LogP contribution in [0.25, 0.3) is 0 Å². The minimum atomic E-state index is -0.262. The highest BCUT2D eigenvalue weighted by Gasteiger charge is 2.42. The zero-order chi connectivity index (χ0) is 18.4. The van der Waals surface area contributed by atoms with E-state index < -0.39 is 0 Å². The number of carbonyl (C=O) groups excluding carboxylic acids is 1. The van der Waals surface area contributed by atoms with E-state index in [0.29, 0.717) is 18.6 Å². The number of hydrogen-bond donors (Lipinski definition) is 2. The summed E-state index contributed by atoms with van der Waals surface area (Å²) in [4.78, 5) is 21.3. The van der Waals surface area contributed by atoms with Crippen LogP contribution in [0.5, 0.6) is 0 Å². The molecule has 0 radical (unpaired) electrons. The Balaban J connectivity index is 0.00000338. The molecular weight excluding hydrogens is 441 g/mol. The number of guanidine groups is 1. The van der Waals surface area contributed by atoms with Crippen molar-refractivity contribution in [1.29, 1.82) is 0 Å². The monoisotopic (exact) mass is 479 g/mol. The van der Waals surface area contributed by atoms with Crippen LogP contribution >= 0.6 is 24.0 Å². The molecule has 6 nitrogen and oxygen atoms in total. The van der Waals surface area contributed by atoms with Crippen LogP contribution in [0.15, 0.2) is 4.99 Å². The van der Waals surface area contributed by atoms with Crippen molar-refractivity contribution in [2.45, 2.75) is 64.5 Å². The van der Waals surface area contributed by atoms with Crippen molar-refractivity contribution in [3.8, 4) is 0 Å². The Morgan fingerprint density at radius 3 is 2.27 bits per heavy atom. The fourth-order valence-electron chi connectivity index (χ4n) is 4.19. The van der Waals surface area contributed by atoms with Crippen LogP contribution in [0, 0.1) is 5.41 Å². The third-order valence-electron chi connectivity index (χ3n) is 5.84. The van der Waals surface area contributed by atoms with E-state index in [-0.39, 0.29) is 35.3 Å². The highest BCUT2D eigenvalue weighted by atomic mass is 127. The van der Waals surface area contributed by atoms with Gasteiger partial charge >= 0.3 is 0 Å². The Kier molecular flexibility index (Phi) is 9.64. The molecule has 1 amide bonds. The Bertz CT molecular complexity index is 467. The molecule has 0 aromatic heterocycles. The van der Waals surface area contributed by atoms with Crippen molar-refractivity contribution in [3.05, 3.63) is 0 Å². The molecule has 1 saturated heterocycles. The Labute approximate surface area is 176 Å². The van der Waals surface area contributed by atoms with Gasteiger partial charge in [-0.2, -0.15) is 0 Å². The Morgan fingerprint density at radius 2 is 1.81 bits per heavy atom. The molecule has 0 spiro atoms. The summed E-state index contributed by atoms with van der Waals surface area (Å²) < 4.78 is 0. The maximum absolute atomic E-state index is 12.7. The molecule has 1 aliphatic carbocycles. The van der Waals surface area contributed by atoms with Crippen LogP contribution in [0.4, 0.5) is 0 Å². The van der Waals surface area contributed by atoms with Crippen LogP contribution in [0.2, 0.25) is 0 Å². The van der Waals surface area contributed by atoms with E-state index in [1.165, 1.54) is 0 Å². The van der Waals surface area contributed by atoms with Crippen LogP contribution < -0.4 is 10.6 Å². The highest BCUT2D eigenvalue weighted by Crippen LogP contribution is 2.38. The first kappa shape index (κ1) is 23.5. The maximum Gasteiger partial charge on any atom is 0.230 e. The molecule has 7 heteroatoms. The van der Waals surface area contributed by atoms with Gasteiger partial charge in [0.25, 0.3) is 0 Å². The van der Waals surface area contributed by atoms with Crippen molar-refractivity contribution in [2.75, 3.05) is 40.8 Å². The molecule has 0 unspecified atom stereocenters. The van der Waals surface area contributed by atoms with Gasteiger partial charge in [-0.15, -0.1) is 24.0 Å². The van der Waals surface area contributed by atoms with Crippen molar-refractivity contribution >= 4 is 35.8 Å². The molecule has 2 aliphatic rings. The van der Waals surface area contributed by atoms with Crippen LogP contribution in [-0.2, 0) is 4.79 Å². The molecule has 0 aromatic carbocycles. The minimum absolute atomic E-state index is 0. The number of likely N-dealkylation sites (tertiary alicyclic amines) is 1. The molecule has 2 fully saturated rings. The second-order valence-electron chi connectivity index (χ2n) is 8.16. The van der Waals surface area contributed by atoms with Crippen LogP contribution in [0.3, 0.4) is 0 Å². The number of nitrogens with one attached hydrogen (secondary N) is 2. The average molecular weight is 479 g/mol.